The van der Waals surface area contributed by atoms with Gasteiger partial charge in [-0.3, -0.25) is 9.59 Å². The van der Waals surface area contributed by atoms with Gasteiger partial charge in [-0.2, -0.15) is 13.2 Å². The van der Waals surface area contributed by atoms with Crippen molar-refractivity contribution in [2.75, 3.05) is 12.8 Å². The van der Waals surface area contributed by atoms with E-state index in [9.17, 15) is 35.6 Å². The van der Waals surface area contributed by atoms with Crippen LogP contribution in [-0.4, -0.2) is 44.0 Å². The third kappa shape index (κ3) is 4.72. The van der Waals surface area contributed by atoms with Crippen molar-refractivity contribution in [1.29, 1.82) is 0 Å². The number of fused-ring (bicyclic) bond motifs is 1. The summed E-state index contributed by atoms with van der Waals surface area (Å²) in [7, 11) is -3.54. The van der Waals surface area contributed by atoms with Gasteiger partial charge in [-0.1, -0.05) is 12.1 Å². The molecule has 1 aliphatic heterocycles. The van der Waals surface area contributed by atoms with Gasteiger partial charge in [0.1, 0.15) is 11.9 Å². The Morgan fingerprint density at radius 3 is 2.44 bits per heavy atom. The Hall–Kier alpha value is -2.95. The van der Waals surface area contributed by atoms with Crippen LogP contribution in [0, 0.1) is 23.6 Å². The Labute approximate surface area is 205 Å². The van der Waals surface area contributed by atoms with Crippen molar-refractivity contribution >= 4 is 21.7 Å². The average Bonchev–Trinajstić information content (AvgIpc) is 3.74. The molecule has 1 saturated heterocycles. The van der Waals surface area contributed by atoms with Crippen LogP contribution >= 0.6 is 0 Å². The molecule has 2 aromatic carbocycles. The summed E-state index contributed by atoms with van der Waals surface area (Å²) in [6.45, 7) is 0.341. The normalized spacial score (nSPS) is 24.2. The third-order valence-electron chi connectivity index (χ3n) is 7.24. The first-order valence-electron chi connectivity index (χ1n) is 11.6. The number of carbonyl (C=O) groups excluding carboxylic acids is 2. The van der Waals surface area contributed by atoms with Crippen LogP contribution in [0.4, 0.5) is 17.6 Å². The lowest BCUT2D eigenvalue weighted by atomic mass is 9.99. The first-order chi connectivity index (χ1) is 16.8. The summed E-state index contributed by atoms with van der Waals surface area (Å²) in [5.74, 6) is -2.02. The van der Waals surface area contributed by atoms with Gasteiger partial charge >= 0.3 is 6.18 Å². The quantitative estimate of drug-likeness (QED) is 0.580. The summed E-state index contributed by atoms with van der Waals surface area (Å²) in [5, 5.41) is 2.82. The van der Waals surface area contributed by atoms with Gasteiger partial charge in [0.15, 0.2) is 9.84 Å². The van der Waals surface area contributed by atoms with Crippen molar-refractivity contribution in [3.63, 3.8) is 0 Å². The number of amides is 2. The zero-order valence-electron chi connectivity index (χ0n) is 19.3. The van der Waals surface area contributed by atoms with E-state index in [1.165, 1.54) is 29.2 Å². The SMILES string of the molecule is CS(=O)(=O)c1cccc(C(=O)N2C[C@@H]3C[C@@H]3[C@@H]2C(=O)N[C@@H](c2ccc(C(F)(F)F)cc2F)C2CC2)c1. The summed E-state index contributed by atoms with van der Waals surface area (Å²) < 4.78 is 77.5. The number of likely N-dealkylation sites (tertiary alicyclic amines) is 1. The fourth-order valence-electron chi connectivity index (χ4n) is 5.11. The summed E-state index contributed by atoms with van der Waals surface area (Å²) in [6, 6.07) is 6.30. The molecule has 2 amide bonds. The molecule has 1 N–H and O–H groups in total. The highest BCUT2D eigenvalue weighted by atomic mass is 32.2. The van der Waals surface area contributed by atoms with E-state index < -0.39 is 51.3 Å². The van der Waals surface area contributed by atoms with Gasteiger partial charge in [0.2, 0.25) is 5.91 Å². The molecule has 192 valence electrons. The number of benzene rings is 2. The van der Waals surface area contributed by atoms with E-state index in [-0.39, 0.29) is 33.8 Å². The van der Waals surface area contributed by atoms with Crippen LogP contribution in [0.15, 0.2) is 47.4 Å². The smallest absolute Gasteiger partial charge is 0.347 e. The number of nitrogens with zero attached hydrogens (tertiary/aromatic N) is 1. The lowest BCUT2D eigenvalue weighted by Gasteiger charge is -2.29. The minimum absolute atomic E-state index is 0.00900. The standard InChI is InChI=1S/C25H24F4N2O4S/c1-36(34,35)17-4-2-3-14(9-17)24(33)31-12-15-10-19(15)22(31)23(32)30-21(13-5-6-13)18-8-7-16(11-20(18)26)25(27,28)29/h2-4,7-9,11,13,15,19,21-22H,5-6,10,12H2,1H3,(H,30,32)/t15-,19-,21+,22+/m0/s1. The predicted molar refractivity (Wildman–Crippen MR) is 121 cm³/mol. The van der Waals surface area contributed by atoms with Crippen LogP contribution in [0.25, 0.3) is 0 Å². The number of piperidine rings is 1. The number of carbonyl (C=O) groups is 2. The monoisotopic (exact) mass is 524 g/mol. The number of rotatable bonds is 6. The van der Waals surface area contributed by atoms with Gasteiger partial charge in [0, 0.05) is 23.9 Å². The van der Waals surface area contributed by atoms with Crippen molar-refractivity contribution in [2.45, 2.75) is 42.4 Å². The lowest BCUT2D eigenvalue weighted by Crippen LogP contribution is -2.49. The van der Waals surface area contributed by atoms with Gasteiger partial charge in [0.25, 0.3) is 5.91 Å². The van der Waals surface area contributed by atoms with E-state index >= 15 is 0 Å². The van der Waals surface area contributed by atoms with E-state index in [1.807, 2.05) is 0 Å². The Kier molecular flexibility index (Phi) is 5.89. The third-order valence-corrected chi connectivity index (χ3v) is 8.35. The number of hydrogen-bond acceptors (Lipinski definition) is 4. The summed E-state index contributed by atoms with van der Waals surface area (Å²) in [4.78, 5) is 28.1. The largest absolute Gasteiger partial charge is 0.416 e. The van der Waals surface area contributed by atoms with Gasteiger partial charge < -0.3 is 10.2 Å². The predicted octanol–water partition coefficient (Wildman–Crippen LogP) is 3.98. The van der Waals surface area contributed by atoms with Gasteiger partial charge in [-0.05, 0) is 67.3 Å². The van der Waals surface area contributed by atoms with Gasteiger partial charge in [-0.15, -0.1) is 0 Å². The van der Waals surface area contributed by atoms with Crippen molar-refractivity contribution in [1.82, 2.24) is 10.2 Å². The molecule has 2 aliphatic carbocycles. The Morgan fingerprint density at radius 2 is 1.83 bits per heavy atom. The second-order valence-electron chi connectivity index (χ2n) is 9.92. The van der Waals surface area contributed by atoms with Crippen molar-refractivity contribution < 1.29 is 35.6 Å². The second kappa shape index (κ2) is 8.57. The number of sulfone groups is 1. The molecule has 6 nitrogen and oxygen atoms in total. The van der Waals surface area contributed by atoms with E-state index in [4.69, 9.17) is 0 Å². The topological polar surface area (TPSA) is 83.6 Å². The van der Waals surface area contributed by atoms with Gasteiger partial charge in [0.05, 0.1) is 16.5 Å². The summed E-state index contributed by atoms with van der Waals surface area (Å²) in [6.07, 6.45) is -1.49. The Balaban J connectivity index is 1.38. The highest BCUT2D eigenvalue weighted by Gasteiger charge is 2.57. The number of alkyl halides is 3. The second-order valence-corrected chi connectivity index (χ2v) is 11.9. The highest BCUT2D eigenvalue weighted by Crippen LogP contribution is 2.50. The molecule has 3 aliphatic rings. The van der Waals surface area contributed by atoms with Crippen LogP contribution < -0.4 is 5.32 Å². The average molecular weight is 525 g/mol. The molecule has 0 radical (unpaired) electrons. The molecule has 0 unspecified atom stereocenters. The molecule has 0 spiro atoms. The molecule has 2 saturated carbocycles. The van der Waals surface area contributed by atoms with Crippen molar-refractivity contribution in [3.05, 3.63) is 65.0 Å². The summed E-state index contributed by atoms with van der Waals surface area (Å²) >= 11 is 0. The van der Waals surface area contributed by atoms with Crippen LogP contribution in [-0.2, 0) is 20.8 Å². The van der Waals surface area contributed by atoms with Crippen LogP contribution in [0.5, 0.6) is 0 Å². The maximum Gasteiger partial charge on any atom is 0.416 e. The van der Waals surface area contributed by atoms with E-state index in [2.05, 4.69) is 5.32 Å². The first-order valence-corrected chi connectivity index (χ1v) is 13.5. The molecule has 2 aromatic rings. The maximum atomic E-state index is 14.7. The van der Waals surface area contributed by atoms with Crippen molar-refractivity contribution in [2.24, 2.45) is 17.8 Å². The summed E-state index contributed by atoms with van der Waals surface area (Å²) in [5.41, 5.74) is -0.971. The molecular formula is C25H24F4N2O4S. The van der Waals surface area contributed by atoms with Gasteiger partial charge in [-0.25, -0.2) is 12.8 Å². The van der Waals surface area contributed by atoms with Crippen LogP contribution in [0.2, 0.25) is 0 Å². The van der Waals surface area contributed by atoms with E-state index in [1.54, 1.807) is 0 Å². The molecule has 1 heterocycles. The number of hydrogen-bond donors (Lipinski definition) is 1. The molecule has 5 rings (SSSR count). The van der Waals surface area contributed by atoms with E-state index in [0.717, 1.165) is 24.8 Å². The molecule has 0 bridgehead atoms. The maximum absolute atomic E-state index is 14.7. The zero-order valence-corrected chi connectivity index (χ0v) is 20.1. The molecule has 0 aromatic heterocycles. The lowest BCUT2D eigenvalue weighted by molar-refractivity contribution is -0.137. The van der Waals surface area contributed by atoms with Crippen LogP contribution in [0.3, 0.4) is 0 Å². The van der Waals surface area contributed by atoms with Crippen LogP contribution in [0.1, 0.15) is 46.8 Å². The Bertz CT molecular complexity index is 1340. The molecule has 3 fully saturated rings. The fraction of sp³-hybridized carbons (Fsp3) is 0.440. The molecular weight excluding hydrogens is 500 g/mol. The molecule has 36 heavy (non-hydrogen) atoms. The van der Waals surface area contributed by atoms with E-state index in [0.29, 0.717) is 25.5 Å². The highest BCUT2D eigenvalue weighted by molar-refractivity contribution is 7.90. The molecule has 11 heteroatoms. The zero-order chi connectivity index (χ0) is 26.0. The van der Waals surface area contributed by atoms with Crippen molar-refractivity contribution in [3.8, 4) is 0 Å². The number of nitrogens with one attached hydrogen (secondary N) is 1. The number of halogens is 4. The molecule has 4 atom stereocenters. The minimum Gasteiger partial charge on any atom is -0.347 e. The fourth-order valence-corrected chi connectivity index (χ4v) is 5.78. The minimum atomic E-state index is -4.68. The Morgan fingerprint density at radius 1 is 1.11 bits per heavy atom. The first kappa shape index (κ1) is 24.7.